The van der Waals surface area contributed by atoms with E-state index in [-0.39, 0.29) is 5.82 Å². The lowest BCUT2D eigenvalue weighted by Crippen LogP contribution is -2.60. The molecule has 1 aliphatic heterocycles. The van der Waals surface area contributed by atoms with Crippen LogP contribution in [-0.4, -0.2) is 23.2 Å². The maximum absolute atomic E-state index is 13.6. The van der Waals surface area contributed by atoms with Crippen LogP contribution in [0.2, 0.25) is 0 Å². The molecule has 7 atom stereocenters. The van der Waals surface area contributed by atoms with Crippen molar-refractivity contribution in [1.82, 2.24) is 0 Å². The number of rotatable bonds is 2. The molecule has 0 aromatic heterocycles. The summed E-state index contributed by atoms with van der Waals surface area (Å²) in [5.41, 5.74) is 0.416. The Kier molecular flexibility index (Phi) is 3.40. The first-order valence-corrected chi connectivity index (χ1v) is 9.66. The number of aliphatic hydroxyl groups is 1. The van der Waals surface area contributed by atoms with Gasteiger partial charge in [-0.25, -0.2) is 4.39 Å². The van der Waals surface area contributed by atoms with Crippen molar-refractivity contribution in [2.24, 2.45) is 29.6 Å². The molecule has 4 bridgehead atoms. The fraction of sp³-hybridized carbons (Fsp3) is 0.667. The second-order valence-corrected chi connectivity index (χ2v) is 9.12. The Bertz CT molecular complexity index is 741. The van der Waals surface area contributed by atoms with Crippen LogP contribution in [0.15, 0.2) is 24.3 Å². The van der Waals surface area contributed by atoms with Gasteiger partial charge in [0.1, 0.15) is 11.7 Å². The first-order chi connectivity index (χ1) is 12.3. The molecule has 5 aliphatic rings. The van der Waals surface area contributed by atoms with Crippen LogP contribution >= 0.6 is 0 Å². The molecule has 1 aromatic carbocycles. The standard InChI is InChI=1S/C21H25FO4/c1-20(2)25-18(23)17(19(24)26-20)21(13-3-5-15(22)6-4-13)14-8-11-7-12(10-14)16(21)9-11/h3-6,11-12,14,16-18,23H,7-10H2,1-2H3. The summed E-state index contributed by atoms with van der Waals surface area (Å²) >= 11 is 0. The Morgan fingerprint density at radius 3 is 2.50 bits per heavy atom. The molecule has 5 heteroatoms. The number of carbonyl (C=O) groups excluding carboxylic acids is 1. The smallest absolute Gasteiger partial charge is 0.317 e. The lowest BCUT2D eigenvalue weighted by Gasteiger charge is -2.52. The van der Waals surface area contributed by atoms with Crippen molar-refractivity contribution in [1.29, 1.82) is 0 Å². The molecule has 7 unspecified atom stereocenters. The number of hydrogen-bond donors (Lipinski definition) is 1. The van der Waals surface area contributed by atoms with Crippen LogP contribution in [0.4, 0.5) is 4.39 Å². The van der Waals surface area contributed by atoms with Crippen LogP contribution in [0.25, 0.3) is 0 Å². The number of carbonyl (C=O) groups is 1. The van der Waals surface area contributed by atoms with E-state index in [1.54, 1.807) is 26.0 Å². The van der Waals surface area contributed by atoms with Gasteiger partial charge in [-0.1, -0.05) is 12.1 Å². The summed E-state index contributed by atoms with van der Waals surface area (Å²) in [6, 6.07) is 6.51. The number of ether oxygens (including phenoxy) is 2. The van der Waals surface area contributed by atoms with Crippen molar-refractivity contribution < 1.29 is 23.8 Å². The van der Waals surface area contributed by atoms with E-state index in [0.717, 1.165) is 24.8 Å². The lowest BCUT2D eigenvalue weighted by atomic mass is 9.54. The summed E-state index contributed by atoms with van der Waals surface area (Å²) in [6.45, 7) is 3.28. The maximum atomic E-state index is 13.6. The molecule has 1 heterocycles. The number of esters is 1. The zero-order valence-electron chi connectivity index (χ0n) is 15.2. The van der Waals surface area contributed by atoms with E-state index in [1.807, 2.05) is 0 Å². The van der Waals surface area contributed by atoms with Crippen molar-refractivity contribution >= 4 is 5.97 Å². The number of benzene rings is 1. The zero-order chi connectivity index (χ0) is 18.3. The van der Waals surface area contributed by atoms with Gasteiger partial charge in [0.05, 0.1) is 0 Å². The highest BCUT2D eigenvalue weighted by atomic mass is 19.1. The Balaban J connectivity index is 1.66. The van der Waals surface area contributed by atoms with Gasteiger partial charge in [-0.15, -0.1) is 0 Å². The third-order valence-corrected chi connectivity index (χ3v) is 7.44. The monoisotopic (exact) mass is 360 g/mol. The predicted octanol–water partition coefficient (Wildman–Crippen LogP) is 3.37. The van der Waals surface area contributed by atoms with E-state index >= 15 is 0 Å². The molecule has 1 aromatic rings. The van der Waals surface area contributed by atoms with E-state index in [4.69, 9.17) is 9.47 Å². The van der Waals surface area contributed by atoms with Gasteiger partial charge in [-0.2, -0.15) is 0 Å². The molecule has 1 saturated heterocycles. The maximum Gasteiger partial charge on any atom is 0.317 e. The highest BCUT2D eigenvalue weighted by molar-refractivity contribution is 5.77. The second kappa shape index (κ2) is 5.29. The number of aliphatic hydroxyl groups excluding tert-OH is 1. The Morgan fingerprint density at radius 1 is 1.12 bits per heavy atom. The molecule has 140 valence electrons. The highest BCUT2D eigenvalue weighted by Crippen LogP contribution is 2.70. The second-order valence-electron chi connectivity index (χ2n) is 9.12. The fourth-order valence-corrected chi connectivity index (χ4v) is 6.92. The van der Waals surface area contributed by atoms with Gasteiger partial charge in [-0.3, -0.25) is 4.79 Å². The van der Waals surface area contributed by atoms with E-state index in [0.29, 0.717) is 23.7 Å². The van der Waals surface area contributed by atoms with Crippen molar-refractivity contribution in [3.8, 4) is 0 Å². The minimum atomic E-state index is -1.21. The molecule has 4 saturated carbocycles. The summed E-state index contributed by atoms with van der Waals surface area (Å²) < 4.78 is 24.9. The molecule has 0 spiro atoms. The topological polar surface area (TPSA) is 55.8 Å². The summed E-state index contributed by atoms with van der Waals surface area (Å²) in [5.74, 6) is -0.687. The summed E-state index contributed by atoms with van der Waals surface area (Å²) in [4.78, 5) is 13.1. The average Bonchev–Trinajstić information content (AvgIpc) is 2.94. The molecule has 0 radical (unpaired) electrons. The van der Waals surface area contributed by atoms with E-state index in [1.165, 1.54) is 18.6 Å². The van der Waals surface area contributed by atoms with Crippen LogP contribution in [0, 0.1) is 35.4 Å². The first-order valence-electron chi connectivity index (χ1n) is 9.66. The van der Waals surface area contributed by atoms with Crippen molar-refractivity contribution in [3.63, 3.8) is 0 Å². The SMILES string of the molecule is CC1(C)OC(=O)C(C2(c3ccc(F)cc3)C3CC4CC(C3)C2C4)C(O)O1. The molecule has 4 aliphatic carbocycles. The van der Waals surface area contributed by atoms with Crippen molar-refractivity contribution in [2.45, 2.75) is 57.0 Å². The quantitative estimate of drug-likeness (QED) is 0.822. The van der Waals surface area contributed by atoms with Gasteiger partial charge in [-0.05, 0) is 67.1 Å². The molecular formula is C21H25FO4. The van der Waals surface area contributed by atoms with Crippen LogP contribution in [-0.2, 0) is 19.7 Å². The molecule has 5 fully saturated rings. The van der Waals surface area contributed by atoms with Gasteiger partial charge in [0.2, 0.25) is 5.79 Å². The van der Waals surface area contributed by atoms with Crippen LogP contribution in [0.1, 0.15) is 45.1 Å². The molecule has 0 amide bonds. The van der Waals surface area contributed by atoms with Crippen molar-refractivity contribution in [3.05, 3.63) is 35.6 Å². The summed E-state index contributed by atoms with van der Waals surface area (Å²) in [6.07, 6.45) is 3.19. The van der Waals surface area contributed by atoms with Crippen LogP contribution in [0.3, 0.4) is 0 Å². The summed E-state index contributed by atoms with van der Waals surface area (Å²) in [5, 5.41) is 10.9. The van der Waals surface area contributed by atoms with E-state index < -0.39 is 29.4 Å². The van der Waals surface area contributed by atoms with E-state index in [9.17, 15) is 14.3 Å². The zero-order valence-corrected chi connectivity index (χ0v) is 15.2. The molecule has 1 N–H and O–H groups in total. The lowest BCUT2D eigenvalue weighted by molar-refractivity contribution is -0.325. The number of hydrogen-bond acceptors (Lipinski definition) is 4. The summed E-state index contributed by atoms with van der Waals surface area (Å²) in [7, 11) is 0. The predicted molar refractivity (Wildman–Crippen MR) is 91.3 cm³/mol. The average molecular weight is 360 g/mol. The van der Waals surface area contributed by atoms with Crippen LogP contribution in [0.5, 0.6) is 0 Å². The van der Waals surface area contributed by atoms with E-state index in [2.05, 4.69) is 0 Å². The molecular weight excluding hydrogens is 335 g/mol. The van der Waals surface area contributed by atoms with Gasteiger partial charge in [0.15, 0.2) is 6.29 Å². The Labute approximate surface area is 152 Å². The minimum absolute atomic E-state index is 0.291. The van der Waals surface area contributed by atoms with Gasteiger partial charge >= 0.3 is 5.97 Å². The largest absolute Gasteiger partial charge is 0.433 e. The minimum Gasteiger partial charge on any atom is -0.433 e. The molecule has 26 heavy (non-hydrogen) atoms. The third-order valence-electron chi connectivity index (χ3n) is 7.44. The van der Waals surface area contributed by atoms with Gasteiger partial charge < -0.3 is 14.6 Å². The third kappa shape index (κ3) is 2.10. The Morgan fingerprint density at radius 2 is 1.85 bits per heavy atom. The fourth-order valence-electron chi connectivity index (χ4n) is 6.92. The van der Waals surface area contributed by atoms with Crippen molar-refractivity contribution in [2.75, 3.05) is 0 Å². The molecule has 6 rings (SSSR count). The van der Waals surface area contributed by atoms with Gasteiger partial charge in [0, 0.05) is 19.3 Å². The normalized spacial score (nSPS) is 45.8. The number of halogens is 1. The van der Waals surface area contributed by atoms with Gasteiger partial charge in [0.25, 0.3) is 0 Å². The molecule has 4 nitrogen and oxygen atoms in total. The Hall–Kier alpha value is -1.46. The van der Waals surface area contributed by atoms with Crippen LogP contribution < -0.4 is 0 Å². The number of cyclic esters (lactones) is 1. The first kappa shape index (κ1) is 16.7. The highest BCUT2D eigenvalue weighted by Gasteiger charge is 2.69.